The summed E-state index contributed by atoms with van der Waals surface area (Å²) in [5.74, 6) is -1.71. The Morgan fingerprint density at radius 1 is 1.34 bits per heavy atom. The van der Waals surface area contributed by atoms with Gasteiger partial charge in [-0.3, -0.25) is 14.4 Å². The molecule has 0 aliphatic carbocycles. The number of carbonyl (C=O) groups is 3. The Kier molecular flexibility index (Phi) is 8.31. The molecule has 2 aliphatic rings. The largest absolute Gasteiger partial charge is 0.481 e. The van der Waals surface area contributed by atoms with Gasteiger partial charge in [0, 0.05) is 23.7 Å². The van der Waals surface area contributed by atoms with Gasteiger partial charge in [-0.05, 0) is 36.4 Å². The van der Waals surface area contributed by atoms with Gasteiger partial charge in [0.15, 0.2) is 11.6 Å². The van der Waals surface area contributed by atoms with Crippen LogP contribution in [0, 0.1) is 5.41 Å². The first kappa shape index (κ1) is 28.2. The van der Waals surface area contributed by atoms with E-state index in [2.05, 4.69) is 41.1 Å². The van der Waals surface area contributed by atoms with Crippen molar-refractivity contribution in [1.29, 1.82) is 0 Å². The number of thioether (sulfide) groups is 2. The number of carboxylic acids is 1. The maximum atomic E-state index is 13.3. The van der Waals surface area contributed by atoms with Gasteiger partial charge in [-0.25, -0.2) is 9.97 Å². The van der Waals surface area contributed by atoms with Crippen molar-refractivity contribution in [2.24, 2.45) is 16.3 Å². The fourth-order valence-electron chi connectivity index (χ4n) is 4.45. The molecule has 2 aromatic heterocycles. The SMILES string of the molecule is NCCC(Sc1nn[nH]n1)C1(C(=O)O)CS[C@@H]2C(NC(=O)C(=NOc3ccccc3)c3nccc(N)n3)C(=O)N2C1. The van der Waals surface area contributed by atoms with Crippen molar-refractivity contribution in [3.05, 3.63) is 48.4 Å². The highest BCUT2D eigenvalue weighted by molar-refractivity contribution is 8.01. The number of aliphatic carboxylic acids is 1. The van der Waals surface area contributed by atoms with Crippen LogP contribution in [0.25, 0.3) is 0 Å². The number of hydrogen-bond acceptors (Lipinski definition) is 14. The lowest BCUT2D eigenvalue weighted by molar-refractivity contribution is -0.158. The molecule has 0 saturated carbocycles. The molecule has 1 aromatic carbocycles. The molecule has 5 rings (SSSR count). The molecule has 41 heavy (non-hydrogen) atoms. The first-order chi connectivity index (χ1) is 19.8. The molecule has 3 aromatic rings. The quantitative estimate of drug-likeness (QED) is 0.0795. The number of carboxylic acid groups (broad SMARTS) is 1. The molecule has 4 atom stereocenters. The lowest BCUT2D eigenvalue weighted by atomic mass is 9.82. The van der Waals surface area contributed by atoms with Gasteiger partial charge < -0.3 is 31.6 Å². The molecule has 2 fully saturated rings. The van der Waals surface area contributed by atoms with Gasteiger partial charge in [0.25, 0.3) is 5.91 Å². The van der Waals surface area contributed by atoms with Crippen molar-refractivity contribution in [3.63, 3.8) is 0 Å². The molecule has 0 bridgehead atoms. The van der Waals surface area contributed by atoms with Gasteiger partial charge >= 0.3 is 5.97 Å². The summed E-state index contributed by atoms with van der Waals surface area (Å²) in [5, 5.41) is 29.9. The number of fused-ring (bicyclic) bond motifs is 1. The second kappa shape index (κ2) is 12.1. The number of aromatic amines is 1. The van der Waals surface area contributed by atoms with E-state index >= 15 is 0 Å². The summed E-state index contributed by atoms with van der Waals surface area (Å²) < 4.78 is 0. The Labute approximate surface area is 241 Å². The van der Waals surface area contributed by atoms with Crippen molar-refractivity contribution in [2.45, 2.75) is 28.2 Å². The highest BCUT2D eigenvalue weighted by Gasteiger charge is 2.60. The number of amides is 2. The van der Waals surface area contributed by atoms with Crippen LogP contribution in [0.2, 0.25) is 0 Å². The lowest BCUT2D eigenvalue weighted by Gasteiger charge is -2.55. The minimum atomic E-state index is -1.33. The molecule has 2 aliphatic heterocycles. The molecule has 7 N–H and O–H groups in total. The number of H-pyrrole nitrogens is 1. The van der Waals surface area contributed by atoms with Crippen molar-refractivity contribution >= 4 is 52.8 Å². The third kappa shape index (κ3) is 5.79. The Morgan fingerprint density at radius 2 is 2.15 bits per heavy atom. The van der Waals surface area contributed by atoms with Gasteiger partial charge in [0.2, 0.25) is 16.8 Å². The average Bonchev–Trinajstić information content (AvgIpc) is 3.49. The highest BCUT2D eigenvalue weighted by atomic mass is 32.2. The number of nitrogen functional groups attached to an aromatic ring is 1. The molecule has 2 saturated heterocycles. The number of nitrogens with one attached hydrogen (secondary N) is 2. The van der Waals surface area contributed by atoms with Crippen LogP contribution in [0.1, 0.15) is 12.2 Å². The van der Waals surface area contributed by atoms with E-state index in [-0.39, 0.29) is 41.4 Å². The number of benzene rings is 1. The lowest BCUT2D eigenvalue weighted by Crippen LogP contribution is -2.75. The fourth-order valence-corrected chi connectivity index (χ4v) is 7.34. The summed E-state index contributed by atoms with van der Waals surface area (Å²) in [6, 6.07) is 9.08. The van der Waals surface area contributed by atoms with E-state index in [1.165, 1.54) is 28.9 Å². The molecule has 0 radical (unpaired) electrons. The predicted molar refractivity (Wildman–Crippen MR) is 148 cm³/mol. The fraction of sp³-hybridized carbons (Fsp3) is 0.348. The van der Waals surface area contributed by atoms with Crippen LogP contribution < -0.4 is 21.6 Å². The number of tetrazole rings is 1. The van der Waals surface area contributed by atoms with Crippen molar-refractivity contribution in [3.8, 4) is 5.75 Å². The molecular formula is C23H25N11O5S2. The molecule has 0 spiro atoms. The Hall–Kier alpha value is -4.29. The first-order valence-corrected chi connectivity index (χ1v) is 14.2. The van der Waals surface area contributed by atoms with Crippen LogP contribution in [-0.4, -0.2) is 99.6 Å². The topological polar surface area (TPSA) is 241 Å². The van der Waals surface area contributed by atoms with Crippen LogP contribution in [0.3, 0.4) is 0 Å². The number of carbonyl (C=O) groups excluding carboxylic acids is 2. The van der Waals surface area contributed by atoms with Gasteiger partial charge in [0.05, 0.1) is 0 Å². The summed E-state index contributed by atoms with van der Waals surface area (Å²) in [6.07, 6.45) is 1.71. The molecule has 3 unspecified atom stereocenters. The van der Waals surface area contributed by atoms with Crippen molar-refractivity contribution in [2.75, 3.05) is 24.6 Å². The number of oxime groups is 1. The molecule has 214 valence electrons. The molecule has 2 amide bonds. The number of β-lactam (4-membered cyclic amide) rings is 1. The van der Waals surface area contributed by atoms with Crippen LogP contribution >= 0.6 is 23.5 Å². The minimum Gasteiger partial charge on any atom is -0.481 e. The number of anilines is 1. The Bertz CT molecular complexity index is 1440. The summed E-state index contributed by atoms with van der Waals surface area (Å²) in [7, 11) is 0. The Balaban J connectivity index is 1.33. The molecule has 16 nitrogen and oxygen atoms in total. The maximum Gasteiger partial charge on any atom is 0.313 e. The summed E-state index contributed by atoms with van der Waals surface area (Å²) >= 11 is 2.41. The van der Waals surface area contributed by atoms with Crippen LogP contribution in [0.15, 0.2) is 52.9 Å². The summed E-state index contributed by atoms with van der Waals surface area (Å²) in [6.45, 7) is 0.154. The van der Waals surface area contributed by atoms with Gasteiger partial charge in [-0.2, -0.15) is 5.21 Å². The summed E-state index contributed by atoms with van der Waals surface area (Å²) in [5.41, 5.74) is 9.97. The van der Waals surface area contributed by atoms with Crippen LogP contribution in [0.4, 0.5) is 5.82 Å². The average molecular weight is 600 g/mol. The van der Waals surface area contributed by atoms with Gasteiger partial charge in [-0.1, -0.05) is 35.1 Å². The monoisotopic (exact) mass is 599 g/mol. The molecular weight excluding hydrogens is 574 g/mol. The van der Waals surface area contributed by atoms with Gasteiger partial charge in [0.1, 0.15) is 22.6 Å². The minimum absolute atomic E-state index is 0.0723. The van der Waals surface area contributed by atoms with E-state index in [0.717, 1.165) is 11.8 Å². The van der Waals surface area contributed by atoms with Gasteiger partial charge in [-0.15, -0.1) is 22.0 Å². The van der Waals surface area contributed by atoms with E-state index in [1.54, 1.807) is 30.3 Å². The normalized spacial score (nSPS) is 22.8. The third-order valence-electron chi connectivity index (χ3n) is 6.53. The van der Waals surface area contributed by atoms with E-state index in [9.17, 15) is 19.5 Å². The van der Waals surface area contributed by atoms with Crippen molar-refractivity contribution < 1.29 is 24.3 Å². The summed E-state index contributed by atoms with van der Waals surface area (Å²) in [4.78, 5) is 54.2. The van der Waals surface area contributed by atoms with E-state index in [4.69, 9.17) is 16.3 Å². The number of hydrogen-bond donors (Lipinski definition) is 5. The third-order valence-corrected chi connectivity index (χ3v) is 9.43. The number of para-hydroxylation sites is 1. The van der Waals surface area contributed by atoms with Crippen LogP contribution in [-0.2, 0) is 14.4 Å². The predicted octanol–water partition coefficient (Wildman–Crippen LogP) is -0.664. The number of aromatic nitrogens is 6. The zero-order valence-corrected chi connectivity index (χ0v) is 22.9. The highest BCUT2D eigenvalue weighted by Crippen LogP contribution is 2.48. The van der Waals surface area contributed by atoms with E-state index in [1.807, 2.05) is 0 Å². The smallest absolute Gasteiger partial charge is 0.313 e. The zero-order valence-electron chi connectivity index (χ0n) is 21.3. The standard InChI is InChI=1S/C23H25N11O5S2/c24-8-6-13(41-22-29-32-33-30-22)23(21(37)38)10-34-19(36)16(20(34)40-11-23)28-18(35)15(17-26-9-7-14(25)27-17)31-39-12-4-2-1-3-5-12/h1-5,7,9,13,16,20H,6,8,10-11,24H2,(H,28,35)(H,37,38)(H2,25,26,27)(H,29,30,32,33)/t13?,16?,20-,23?/m1/s1. The second-order valence-corrected chi connectivity index (χ2v) is 11.4. The van der Waals surface area contributed by atoms with E-state index in [0.29, 0.717) is 12.2 Å². The first-order valence-electron chi connectivity index (χ1n) is 12.3. The van der Waals surface area contributed by atoms with Crippen molar-refractivity contribution in [1.82, 2.24) is 40.8 Å². The van der Waals surface area contributed by atoms with Crippen LogP contribution in [0.5, 0.6) is 5.75 Å². The van der Waals surface area contributed by atoms with E-state index < -0.39 is 39.9 Å². The number of nitrogens with two attached hydrogens (primary N) is 2. The number of rotatable bonds is 11. The Morgan fingerprint density at radius 3 is 2.83 bits per heavy atom. The molecule has 18 heteroatoms. The zero-order chi connectivity index (χ0) is 29.0. The second-order valence-electron chi connectivity index (χ2n) is 9.11. The molecule has 4 heterocycles. The maximum absolute atomic E-state index is 13.3. The number of nitrogens with zero attached hydrogens (tertiary/aromatic N) is 7.